The van der Waals surface area contributed by atoms with Crippen LogP contribution in [0.25, 0.3) is 0 Å². The van der Waals surface area contributed by atoms with Crippen molar-refractivity contribution in [2.24, 2.45) is 0 Å². The minimum atomic E-state index is -0.705. The van der Waals surface area contributed by atoms with Crippen LogP contribution in [0, 0.1) is 18.6 Å². The van der Waals surface area contributed by atoms with Crippen LogP contribution < -0.4 is 0 Å². The Kier molecular flexibility index (Phi) is 2.27. The maximum atomic E-state index is 13.3. The Morgan fingerprint density at radius 2 is 2.07 bits per heavy atom. The molecule has 2 rings (SSSR count). The molecular weight excluding hydrogens is 186 g/mol. The normalized spacial score (nSPS) is 20.7. The van der Waals surface area contributed by atoms with Gasteiger partial charge < -0.3 is 5.11 Å². The SMILES string of the molecule is Cc1c(F)cc(F)c2c1[C@@H](O)CCC2. The van der Waals surface area contributed by atoms with Crippen LogP contribution in [-0.2, 0) is 6.42 Å². The van der Waals surface area contributed by atoms with E-state index in [0.29, 0.717) is 29.5 Å². The van der Waals surface area contributed by atoms with E-state index in [1.54, 1.807) is 6.92 Å². The summed E-state index contributed by atoms with van der Waals surface area (Å²) >= 11 is 0. The highest BCUT2D eigenvalue weighted by Gasteiger charge is 2.24. The summed E-state index contributed by atoms with van der Waals surface area (Å²) in [6, 6.07) is 0.909. The molecule has 1 aromatic rings. The van der Waals surface area contributed by atoms with E-state index >= 15 is 0 Å². The maximum absolute atomic E-state index is 13.3. The largest absolute Gasteiger partial charge is 0.388 e. The first-order valence-electron chi connectivity index (χ1n) is 4.76. The van der Waals surface area contributed by atoms with Gasteiger partial charge in [0, 0.05) is 6.07 Å². The van der Waals surface area contributed by atoms with Crippen LogP contribution in [-0.4, -0.2) is 5.11 Å². The fourth-order valence-corrected chi connectivity index (χ4v) is 2.11. The molecule has 0 bridgehead atoms. The molecule has 1 atom stereocenters. The zero-order chi connectivity index (χ0) is 10.3. The highest BCUT2D eigenvalue weighted by molar-refractivity contribution is 5.39. The van der Waals surface area contributed by atoms with Gasteiger partial charge >= 0.3 is 0 Å². The molecule has 1 nitrogen and oxygen atoms in total. The lowest BCUT2D eigenvalue weighted by Gasteiger charge is -2.24. The van der Waals surface area contributed by atoms with Crippen molar-refractivity contribution in [1.29, 1.82) is 0 Å². The number of hydrogen-bond acceptors (Lipinski definition) is 1. The molecule has 0 aliphatic heterocycles. The highest BCUT2D eigenvalue weighted by Crippen LogP contribution is 2.34. The third-order valence-electron chi connectivity index (χ3n) is 2.87. The van der Waals surface area contributed by atoms with Gasteiger partial charge in [0.15, 0.2) is 0 Å². The average Bonchev–Trinajstić information content (AvgIpc) is 2.14. The Balaban J connectivity index is 2.67. The van der Waals surface area contributed by atoms with Crippen molar-refractivity contribution < 1.29 is 13.9 Å². The molecule has 0 aromatic heterocycles. The van der Waals surface area contributed by atoms with Crippen LogP contribution in [0.4, 0.5) is 8.78 Å². The van der Waals surface area contributed by atoms with E-state index in [9.17, 15) is 13.9 Å². The Hall–Kier alpha value is -0.960. The third-order valence-corrected chi connectivity index (χ3v) is 2.87. The summed E-state index contributed by atoms with van der Waals surface area (Å²) in [5.74, 6) is -1.09. The van der Waals surface area contributed by atoms with Crippen molar-refractivity contribution in [1.82, 2.24) is 0 Å². The lowest BCUT2D eigenvalue weighted by molar-refractivity contribution is 0.154. The first kappa shape index (κ1) is 9.59. The molecule has 0 spiro atoms. The fraction of sp³-hybridized carbons (Fsp3) is 0.455. The van der Waals surface area contributed by atoms with Crippen LogP contribution in [0.2, 0.25) is 0 Å². The molecule has 0 amide bonds. The number of halogens is 2. The van der Waals surface area contributed by atoms with Crippen molar-refractivity contribution in [3.8, 4) is 0 Å². The van der Waals surface area contributed by atoms with Crippen molar-refractivity contribution in [3.63, 3.8) is 0 Å². The first-order valence-corrected chi connectivity index (χ1v) is 4.76. The van der Waals surface area contributed by atoms with Gasteiger partial charge in [-0.15, -0.1) is 0 Å². The van der Waals surface area contributed by atoms with E-state index in [-0.39, 0.29) is 0 Å². The van der Waals surface area contributed by atoms with E-state index < -0.39 is 17.7 Å². The second-order valence-corrected chi connectivity index (χ2v) is 3.77. The Morgan fingerprint density at radius 1 is 1.36 bits per heavy atom. The van der Waals surface area contributed by atoms with Gasteiger partial charge in [0.25, 0.3) is 0 Å². The zero-order valence-corrected chi connectivity index (χ0v) is 7.98. The lowest BCUT2D eigenvalue weighted by Crippen LogP contribution is -2.14. The molecule has 14 heavy (non-hydrogen) atoms. The van der Waals surface area contributed by atoms with E-state index in [0.717, 1.165) is 12.5 Å². The fourth-order valence-electron chi connectivity index (χ4n) is 2.11. The summed E-state index contributed by atoms with van der Waals surface area (Å²) in [4.78, 5) is 0. The smallest absolute Gasteiger partial charge is 0.129 e. The van der Waals surface area contributed by atoms with E-state index in [2.05, 4.69) is 0 Å². The number of benzene rings is 1. The molecule has 0 fully saturated rings. The number of fused-ring (bicyclic) bond motifs is 1. The predicted octanol–water partition coefficient (Wildman–Crippen LogP) is 2.64. The maximum Gasteiger partial charge on any atom is 0.129 e. The Morgan fingerprint density at radius 3 is 2.79 bits per heavy atom. The van der Waals surface area contributed by atoms with Gasteiger partial charge in [-0.2, -0.15) is 0 Å². The number of aliphatic hydroxyl groups is 1. The van der Waals surface area contributed by atoms with E-state index in [1.165, 1.54) is 0 Å². The second-order valence-electron chi connectivity index (χ2n) is 3.77. The summed E-state index contributed by atoms with van der Waals surface area (Å²) < 4.78 is 26.5. The standard InChI is InChI=1S/C11H12F2O/c1-6-8(12)5-9(13)7-3-2-4-10(14)11(6)7/h5,10,14H,2-4H2,1H3/t10-/m0/s1. The van der Waals surface area contributed by atoms with Crippen LogP contribution >= 0.6 is 0 Å². The predicted molar refractivity (Wildman–Crippen MR) is 49.0 cm³/mol. The number of rotatable bonds is 0. The second kappa shape index (κ2) is 3.31. The van der Waals surface area contributed by atoms with Gasteiger partial charge in [-0.25, -0.2) is 8.78 Å². The molecular formula is C11H12F2O. The highest BCUT2D eigenvalue weighted by atomic mass is 19.1. The first-order chi connectivity index (χ1) is 6.61. The molecule has 0 heterocycles. The van der Waals surface area contributed by atoms with Gasteiger partial charge in [0.05, 0.1) is 6.10 Å². The van der Waals surface area contributed by atoms with Crippen LogP contribution in [0.1, 0.15) is 35.6 Å². The van der Waals surface area contributed by atoms with Crippen LogP contribution in [0.5, 0.6) is 0 Å². The molecule has 76 valence electrons. The van der Waals surface area contributed by atoms with E-state index in [1.807, 2.05) is 0 Å². The summed E-state index contributed by atoms with van der Waals surface area (Å²) in [5.41, 5.74) is 1.34. The average molecular weight is 198 g/mol. The molecule has 0 saturated heterocycles. The Bertz CT molecular complexity index is 374. The van der Waals surface area contributed by atoms with Gasteiger partial charge in [0.1, 0.15) is 11.6 Å². The number of hydrogen-bond donors (Lipinski definition) is 1. The molecule has 0 radical (unpaired) electrons. The van der Waals surface area contributed by atoms with Crippen LogP contribution in [0.3, 0.4) is 0 Å². The minimum Gasteiger partial charge on any atom is -0.388 e. The van der Waals surface area contributed by atoms with Crippen molar-refractivity contribution >= 4 is 0 Å². The summed E-state index contributed by atoms with van der Waals surface area (Å²) in [6.45, 7) is 1.59. The molecule has 1 aliphatic carbocycles. The van der Waals surface area contributed by atoms with Crippen LogP contribution in [0.15, 0.2) is 6.07 Å². The monoisotopic (exact) mass is 198 g/mol. The van der Waals surface area contributed by atoms with E-state index in [4.69, 9.17) is 0 Å². The minimum absolute atomic E-state index is 0.383. The van der Waals surface area contributed by atoms with Gasteiger partial charge in [0.2, 0.25) is 0 Å². The van der Waals surface area contributed by atoms with Crippen molar-refractivity contribution in [3.05, 3.63) is 34.4 Å². The molecule has 1 aromatic carbocycles. The molecule has 1 aliphatic rings. The zero-order valence-electron chi connectivity index (χ0n) is 7.98. The van der Waals surface area contributed by atoms with Gasteiger partial charge in [-0.05, 0) is 42.9 Å². The lowest BCUT2D eigenvalue weighted by atomic mass is 9.86. The molecule has 0 unspecified atom stereocenters. The molecule has 3 heteroatoms. The summed E-state index contributed by atoms with van der Waals surface area (Å²) in [7, 11) is 0. The quantitative estimate of drug-likeness (QED) is 0.679. The summed E-state index contributed by atoms with van der Waals surface area (Å²) in [5, 5.41) is 9.66. The number of aliphatic hydroxyl groups excluding tert-OH is 1. The van der Waals surface area contributed by atoms with Crippen molar-refractivity contribution in [2.75, 3.05) is 0 Å². The van der Waals surface area contributed by atoms with Gasteiger partial charge in [-0.1, -0.05) is 0 Å². The topological polar surface area (TPSA) is 20.2 Å². The van der Waals surface area contributed by atoms with Crippen molar-refractivity contribution in [2.45, 2.75) is 32.3 Å². The molecule has 1 N–H and O–H groups in total. The third kappa shape index (κ3) is 1.32. The summed E-state index contributed by atoms with van der Waals surface area (Å²) in [6.07, 6.45) is 1.25. The Labute approximate surface area is 81.4 Å². The van der Waals surface area contributed by atoms with Gasteiger partial charge in [-0.3, -0.25) is 0 Å². The molecule has 0 saturated carbocycles.